The Kier molecular flexibility index (Phi) is 6.75. The fraction of sp³-hybridized carbons (Fsp3) is 0.0909. The van der Waals surface area contributed by atoms with Crippen molar-refractivity contribution in [1.82, 2.24) is 0 Å². The summed E-state index contributed by atoms with van der Waals surface area (Å²) in [6.07, 6.45) is 7.73. The maximum atomic E-state index is 2.35. The Bertz CT molecular complexity index is 1490. The summed E-state index contributed by atoms with van der Waals surface area (Å²) in [7, 11) is 0. The van der Waals surface area contributed by atoms with Crippen LogP contribution in [0.25, 0.3) is 27.1 Å². The van der Waals surface area contributed by atoms with Crippen LogP contribution in [0.1, 0.15) is 34.2 Å². The second kappa shape index (κ2) is 10.1. The second-order valence-corrected chi connectivity index (χ2v) is 10.0. The van der Waals surface area contributed by atoms with Gasteiger partial charge in [0.25, 0.3) is 0 Å². The number of allylic oxidation sites excluding steroid dienone is 4. The van der Waals surface area contributed by atoms with E-state index in [-0.39, 0.29) is 0 Å². The van der Waals surface area contributed by atoms with Crippen molar-refractivity contribution in [2.75, 3.05) is 0 Å². The van der Waals surface area contributed by atoms with E-state index in [1.807, 2.05) is 0 Å². The molecule has 0 saturated carbocycles. The van der Waals surface area contributed by atoms with Crippen LogP contribution in [0.3, 0.4) is 0 Å². The number of hydrogen-bond acceptors (Lipinski definition) is 0. The monoisotopic (exact) mass is 513 g/mol. The molecule has 0 atom stereocenters. The zero-order chi connectivity index (χ0) is 23.5. The SMILES string of the molecule is Cc1cc2c([cH-]c3ccccc32)c(C2=CC=CC2)c1C.[Zr]=[C](c1ccccc1)c1ccccc1. The fourth-order valence-electron chi connectivity index (χ4n) is 4.76. The molecule has 0 aliphatic heterocycles. The summed E-state index contributed by atoms with van der Waals surface area (Å²) in [5, 5.41) is 5.52. The first-order chi connectivity index (χ1) is 16.6. The van der Waals surface area contributed by atoms with E-state index in [2.05, 4.69) is 129 Å². The fourth-order valence-corrected chi connectivity index (χ4v) is 5.57. The summed E-state index contributed by atoms with van der Waals surface area (Å²) >= 11 is 1.46. The van der Waals surface area contributed by atoms with Gasteiger partial charge in [0.2, 0.25) is 0 Å². The van der Waals surface area contributed by atoms with Crippen molar-refractivity contribution < 1.29 is 24.2 Å². The average Bonchev–Trinajstić information content (AvgIpc) is 3.54. The Morgan fingerprint density at radius 1 is 0.765 bits per heavy atom. The van der Waals surface area contributed by atoms with Crippen LogP contribution in [-0.2, 0) is 24.2 Å². The first kappa shape index (κ1) is 22.8. The topological polar surface area (TPSA) is 0 Å². The maximum absolute atomic E-state index is 2.35. The Hall–Kier alpha value is -3.02. The van der Waals surface area contributed by atoms with Crippen LogP contribution in [0.4, 0.5) is 0 Å². The van der Waals surface area contributed by atoms with Crippen LogP contribution in [0.15, 0.2) is 115 Å². The van der Waals surface area contributed by atoms with E-state index in [1.165, 1.54) is 82.4 Å². The van der Waals surface area contributed by atoms with Gasteiger partial charge in [-0.1, -0.05) is 64.8 Å². The third kappa shape index (κ3) is 4.50. The summed E-state index contributed by atoms with van der Waals surface area (Å²) in [6, 6.07) is 34.5. The van der Waals surface area contributed by atoms with Crippen LogP contribution in [0.5, 0.6) is 0 Å². The van der Waals surface area contributed by atoms with Crippen LogP contribution < -0.4 is 0 Å². The Balaban J connectivity index is 0.000000152. The molecule has 0 N–H and O–H groups in total. The van der Waals surface area contributed by atoms with Gasteiger partial charge in [-0.15, -0.1) is 33.7 Å². The average molecular weight is 515 g/mol. The summed E-state index contributed by atoms with van der Waals surface area (Å²) < 4.78 is 1.42. The third-order valence-corrected chi connectivity index (χ3v) is 8.07. The molecule has 6 rings (SSSR count). The van der Waals surface area contributed by atoms with Crippen molar-refractivity contribution in [3.8, 4) is 0 Å². The number of rotatable bonds is 3. The summed E-state index contributed by atoms with van der Waals surface area (Å²) in [5.74, 6) is 0. The minimum absolute atomic E-state index is 1.06. The van der Waals surface area contributed by atoms with Gasteiger partial charge in [-0.3, -0.25) is 0 Å². The molecule has 34 heavy (non-hydrogen) atoms. The van der Waals surface area contributed by atoms with E-state index in [4.69, 9.17) is 0 Å². The van der Waals surface area contributed by atoms with E-state index in [0.29, 0.717) is 0 Å². The molecule has 0 radical (unpaired) electrons. The van der Waals surface area contributed by atoms with Crippen LogP contribution >= 0.6 is 0 Å². The first-order valence-corrected chi connectivity index (χ1v) is 13.0. The van der Waals surface area contributed by atoms with E-state index < -0.39 is 0 Å². The van der Waals surface area contributed by atoms with Gasteiger partial charge in [0, 0.05) is 0 Å². The van der Waals surface area contributed by atoms with Gasteiger partial charge in [0.05, 0.1) is 0 Å². The molecule has 0 saturated heterocycles. The molecular formula is C33H27Zr-. The molecule has 0 spiro atoms. The molecule has 1 heteroatoms. The van der Waals surface area contributed by atoms with E-state index in [9.17, 15) is 0 Å². The number of hydrogen-bond donors (Lipinski definition) is 0. The van der Waals surface area contributed by atoms with Crippen LogP contribution in [0, 0.1) is 13.8 Å². The molecule has 5 aromatic rings. The molecular weight excluding hydrogens is 488 g/mol. The van der Waals surface area contributed by atoms with Crippen molar-refractivity contribution in [2.45, 2.75) is 20.3 Å². The number of aryl methyl sites for hydroxylation is 1. The molecule has 0 bridgehead atoms. The summed E-state index contributed by atoms with van der Waals surface area (Å²) in [4.78, 5) is 0. The van der Waals surface area contributed by atoms with Gasteiger partial charge < -0.3 is 0 Å². The zero-order valence-corrected chi connectivity index (χ0v) is 22.1. The van der Waals surface area contributed by atoms with Gasteiger partial charge in [-0.25, -0.2) is 0 Å². The van der Waals surface area contributed by atoms with Crippen molar-refractivity contribution >= 4 is 30.3 Å². The minimum atomic E-state index is 1.06. The second-order valence-electron chi connectivity index (χ2n) is 8.82. The summed E-state index contributed by atoms with van der Waals surface area (Å²) in [6.45, 7) is 4.48. The van der Waals surface area contributed by atoms with Gasteiger partial charge in [-0.2, -0.15) is 0 Å². The quantitative estimate of drug-likeness (QED) is 0.212. The van der Waals surface area contributed by atoms with Gasteiger partial charge in [-0.05, 0) is 20.3 Å². The zero-order valence-electron chi connectivity index (χ0n) is 19.7. The van der Waals surface area contributed by atoms with Crippen LogP contribution in [-0.4, -0.2) is 3.21 Å². The molecule has 5 aromatic carbocycles. The van der Waals surface area contributed by atoms with Gasteiger partial charge in [0.15, 0.2) is 0 Å². The molecule has 164 valence electrons. The standard InChI is InChI=1S/C20H17.C13H10.Zr/c1-13-11-18-17-10-6-5-9-16(17)12-19(18)20(14(13)2)15-7-3-4-8-15;1-3-7-12(8-4-1)11-13-9-5-2-6-10-13;/h3-7,9-12H,8H2,1-2H3;1-10H;/q-1;;. The third-order valence-electron chi connectivity index (χ3n) is 6.65. The number of fused-ring (bicyclic) bond motifs is 3. The molecule has 0 unspecified atom stereocenters. The number of benzene rings is 4. The Labute approximate surface area is 217 Å². The molecule has 0 heterocycles. The van der Waals surface area contributed by atoms with Crippen molar-refractivity contribution in [3.63, 3.8) is 0 Å². The molecule has 1 aliphatic carbocycles. The molecule has 0 nitrogen and oxygen atoms in total. The Morgan fingerprint density at radius 3 is 2.00 bits per heavy atom. The van der Waals surface area contributed by atoms with E-state index in [1.54, 1.807) is 0 Å². The molecule has 0 amide bonds. The molecule has 1 aliphatic rings. The van der Waals surface area contributed by atoms with Gasteiger partial charge in [0.1, 0.15) is 0 Å². The Morgan fingerprint density at radius 2 is 1.38 bits per heavy atom. The predicted molar refractivity (Wildman–Crippen MR) is 144 cm³/mol. The molecule has 0 fully saturated rings. The van der Waals surface area contributed by atoms with E-state index >= 15 is 0 Å². The first-order valence-electron chi connectivity index (χ1n) is 11.8. The molecule has 0 aromatic heterocycles. The van der Waals surface area contributed by atoms with Crippen molar-refractivity contribution in [1.29, 1.82) is 0 Å². The van der Waals surface area contributed by atoms with E-state index in [0.717, 1.165) is 6.42 Å². The van der Waals surface area contributed by atoms with Crippen molar-refractivity contribution in [3.05, 3.63) is 143 Å². The summed E-state index contributed by atoms with van der Waals surface area (Å²) in [5.41, 5.74) is 8.36. The van der Waals surface area contributed by atoms with Crippen LogP contribution in [0.2, 0.25) is 0 Å². The van der Waals surface area contributed by atoms with Crippen molar-refractivity contribution in [2.24, 2.45) is 0 Å². The van der Waals surface area contributed by atoms with Gasteiger partial charge >= 0.3 is 99.2 Å². The predicted octanol–water partition coefficient (Wildman–Crippen LogP) is 8.47. The normalized spacial score (nSPS) is 12.4.